The highest BCUT2D eigenvalue weighted by molar-refractivity contribution is 6.31. The Morgan fingerprint density at radius 3 is 2.34 bits per heavy atom. The van der Waals surface area contributed by atoms with Gasteiger partial charge >= 0.3 is 6.09 Å². The fraction of sp³-hybridized carbons (Fsp3) is 0.125. The Bertz CT molecular complexity index is 1010. The zero-order valence-electron chi connectivity index (χ0n) is 15.8. The number of carbonyl (C=O) groups is 1. The van der Waals surface area contributed by atoms with Crippen molar-refractivity contribution in [2.45, 2.75) is 5.92 Å². The van der Waals surface area contributed by atoms with Crippen LogP contribution in [0.2, 0.25) is 5.02 Å². The van der Waals surface area contributed by atoms with E-state index in [-0.39, 0.29) is 5.92 Å². The molecule has 0 saturated carbocycles. The molecular formula is C24H21ClN2O2. The molecule has 0 heterocycles. The number of halogens is 1. The number of carbonyl (C=O) groups excluding carboxylic acids is 1. The van der Waals surface area contributed by atoms with Crippen LogP contribution in [0.3, 0.4) is 0 Å². The Hall–Kier alpha value is -3.24. The molecule has 3 aromatic carbocycles. The second-order valence-corrected chi connectivity index (χ2v) is 7.36. The molecule has 4 rings (SSSR count). The Morgan fingerprint density at radius 2 is 1.69 bits per heavy atom. The summed E-state index contributed by atoms with van der Waals surface area (Å²) in [4.78, 5) is 12.1. The lowest BCUT2D eigenvalue weighted by Crippen LogP contribution is -2.26. The molecule has 0 fully saturated rings. The second kappa shape index (κ2) is 8.41. The molecule has 1 aliphatic carbocycles. The van der Waals surface area contributed by atoms with Crippen LogP contribution >= 0.6 is 11.6 Å². The fourth-order valence-electron chi connectivity index (χ4n) is 3.72. The average Bonchev–Trinajstić information content (AvgIpc) is 3.03. The van der Waals surface area contributed by atoms with Gasteiger partial charge in [0.1, 0.15) is 6.61 Å². The number of hydrogen-bond donors (Lipinski definition) is 2. The quantitative estimate of drug-likeness (QED) is 0.554. The number of amides is 1. The molecule has 0 unspecified atom stereocenters. The number of nitrogens with one attached hydrogen (secondary N) is 1. The number of hydrogen-bond acceptors (Lipinski definition) is 3. The fourth-order valence-corrected chi connectivity index (χ4v) is 3.97. The first-order valence-corrected chi connectivity index (χ1v) is 9.81. The maximum atomic E-state index is 12.1. The third kappa shape index (κ3) is 4.28. The highest BCUT2D eigenvalue weighted by atomic mass is 35.5. The van der Waals surface area contributed by atoms with Crippen molar-refractivity contribution in [3.05, 3.63) is 94.5 Å². The average molecular weight is 405 g/mol. The van der Waals surface area contributed by atoms with E-state index in [9.17, 15) is 4.79 Å². The van der Waals surface area contributed by atoms with E-state index in [2.05, 4.69) is 29.6 Å². The van der Waals surface area contributed by atoms with Crippen LogP contribution in [-0.4, -0.2) is 19.2 Å². The van der Waals surface area contributed by atoms with E-state index in [0.717, 1.165) is 5.56 Å². The van der Waals surface area contributed by atoms with Gasteiger partial charge < -0.3 is 15.8 Å². The monoisotopic (exact) mass is 404 g/mol. The van der Waals surface area contributed by atoms with Crippen molar-refractivity contribution in [1.82, 2.24) is 5.32 Å². The molecule has 0 radical (unpaired) electrons. The van der Waals surface area contributed by atoms with Crippen molar-refractivity contribution in [2.75, 3.05) is 18.9 Å². The molecule has 1 aliphatic rings. The molecule has 5 heteroatoms. The third-order valence-corrected chi connectivity index (χ3v) is 5.18. The minimum Gasteiger partial charge on any atom is -0.449 e. The van der Waals surface area contributed by atoms with Crippen molar-refractivity contribution in [1.29, 1.82) is 0 Å². The summed E-state index contributed by atoms with van der Waals surface area (Å²) in [6.45, 7) is 0.650. The Morgan fingerprint density at radius 1 is 1.03 bits per heavy atom. The molecule has 0 saturated heterocycles. The number of alkyl carbamates (subject to hydrolysis) is 1. The van der Waals surface area contributed by atoms with Gasteiger partial charge in [-0.25, -0.2) is 4.79 Å². The molecular weight excluding hydrogens is 384 g/mol. The summed E-state index contributed by atoms with van der Waals surface area (Å²) in [7, 11) is 0. The van der Waals surface area contributed by atoms with Gasteiger partial charge in [0.15, 0.2) is 0 Å². The molecule has 0 bridgehead atoms. The number of nitrogen functional groups attached to an aromatic ring is 1. The van der Waals surface area contributed by atoms with Gasteiger partial charge in [-0.15, -0.1) is 0 Å². The Labute approximate surface area is 175 Å². The molecule has 0 spiro atoms. The molecule has 0 aromatic heterocycles. The molecule has 1 amide bonds. The minimum atomic E-state index is -0.442. The summed E-state index contributed by atoms with van der Waals surface area (Å²) < 4.78 is 5.51. The summed E-state index contributed by atoms with van der Waals surface area (Å²) in [5.41, 5.74) is 12.1. The van der Waals surface area contributed by atoms with Crippen molar-refractivity contribution in [3.8, 4) is 11.1 Å². The Balaban J connectivity index is 1.34. The van der Waals surface area contributed by atoms with E-state index in [1.807, 2.05) is 48.6 Å². The van der Waals surface area contributed by atoms with Gasteiger partial charge in [-0.05, 0) is 46.0 Å². The van der Waals surface area contributed by atoms with E-state index in [0.29, 0.717) is 23.9 Å². The van der Waals surface area contributed by atoms with Gasteiger partial charge in [-0.1, -0.05) is 72.3 Å². The maximum absolute atomic E-state index is 12.1. The third-order valence-electron chi connectivity index (χ3n) is 4.96. The van der Waals surface area contributed by atoms with Crippen molar-refractivity contribution < 1.29 is 9.53 Å². The number of fused-ring (bicyclic) bond motifs is 3. The number of rotatable bonds is 5. The zero-order chi connectivity index (χ0) is 20.2. The first-order valence-electron chi connectivity index (χ1n) is 9.43. The summed E-state index contributed by atoms with van der Waals surface area (Å²) in [6.07, 6.45) is 3.24. The van der Waals surface area contributed by atoms with Crippen LogP contribution in [0.5, 0.6) is 0 Å². The lowest BCUT2D eigenvalue weighted by molar-refractivity contribution is 0.144. The zero-order valence-corrected chi connectivity index (χ0v) is 16.5. The first-order chi connectivity index (χ1) is 14.1. The predicted molar refractivity (Wildman–Crippen MR) is 118 cm³/mol. The van der Waals surface area contributed by atoms with Crippen molar-refractivity contribution in [2.24, 2.45) is 0 Å². The van der Waals surface area contributed by atoms with Gasteiger partial charge in [0.25, 0.3) is 0 Å². The summed E-state index contributed by atoms with van der Waals surface area (Å²) >= 11 is 5.99. The van der Waals surface area contributed by atoms with E-state index in [1.165, 1.54) is 22.3 Å². The molecule has 0 aliphatic heterocycles. The van der Waals surface area contributed by atoms with Gasteiger partial charge in [0.2, 0.25) is 0 Å². The van der Waals surface area contributed by atoms with E-state index < -0.39 is 6.09 Å². The highest BCUT2D eigenvalue weighted by Crippen LogP contribution is 2.44. The predicted octanol–water partition coefficient (Wildman–Crippen LogP) is 5.47. The van der Waals surface area contributed by atoms with Crippen LogP contribution in [0, 0.1) is 0 Å². The number of ether oxygens (including phenoxy) is 1. The molecule has 3 aromatic rings. The largest absolute Gasteiger partial charge is 0.449 e. The molecule has 146 valence electrons. The highest BCUT2D eigenvalue weighted by Gasteiger charge is 2.28. The molecule has 3 N–H and O–H groups in total. The molecule has 0 atom stereocenters. The Kier molecular flexibility index (Phi) is 5.54. The van der Waals surface area contributed by atoms with Crippen LogP contribution in [0.25, 0.3) is 17.2 Å². The number of nitrogens with two attached hydrogens (primary N) is 1. The van der Waals surface area contributed by atoms with Crippen LogP contribution in [0.4, 0.5) is 10.5 Å². The van der Waals surface area contributed by atoms with Gasteiger partial charge in [0, 0.05) is 23.2 Å². The van der Waals surface area contributed by atoms with E-state index >= 15 is 0 Å². The maximum Gasteiger partial charge on any atom is 0.407 e. The van der Waals surface area contributed by atoms with Crippen LogP contribution in [0.15, 0.2) is 72.8 Å². The van der Waals surface area contributed by atoms with Gasteiger partial charge in [-0.3, -0.25) is 0 Å². The van der Waals surface area contributed by atoms with Crippen molar-refractivity contribution >= 4 is 29.5 Å². The van der Waals surface area contributed by atoms with Crippen LogP contribution in [0.1, 0.15) is 22.6 Å². The first kappa shape index (κ1) is 19.1. The summed E-state index contributed by atoms with van der Waals surface area (Å²) in [5, 5.41) is 3.32. The summed E-state index contributed by atoms with van der Waals surface area (Å²) in [6, 6.07) is 21.8. The molecule has 29 heavy (non-hydrogen) atoms. The topological polar surface area (TPSA) is 64.3 Å². The summed E-state index contributed by atoms with van der Waals surface area (Å²) in [5.74, 6) is 0.0538. The van der Waals surface area contributed by atoms with Crippen LogP contribution in [-0.2, 0) is 4.74 Å². The minimum absolute atomic E-state index is 0.0538. The van der Waals surface area contributed by atoms with Crippen molar-refractivity contribution in [3.63, 3.8) is 0 Å². The number of benzene rings is 3. The number of anilines is 1. The normalized spacial score (nSPS) is 12.6. The SMILES string of the molecule is Nc1cc(Cl)cc(C=CCNC(=O)OCC2c3ccccc3-c3ccccc32)c1. The van der Waals surface area contributed by atoms with Gasteiger partial charge in [0.05, 0.1) is 0 Å². The van der Waals surface area contributed by atoms with E-state index in [1.54, 1.807) is 6.07 Å². The smallest absolute Gasteiger partial charge is 0.407 e. The lowest BCUT2D eigenvalue weighted by Gasteiger charge is -2.14. The molecule has 4 nitrogen and oxygen atoms in total. The van der Waals surface area contributed by atoms with Gasteiger partial charge in [-0.2, -0.15) is 0 Å². The second-order valence-electron chi connectivity index (χ2n) is 6.93. The van der Waals surface area contributed by atoms with Crippen LogP contribution < -0.4 is 11.1 Å². The van der Waals surface area contributed by atoms with E-state index in [4.69, 9.17) is 22.1 Å². The standard InChI is InChI=1S/C24H21ClN2O2/c25-17-12-16(13-18(26)14-17)6-5-11-27-24(28)29-15-23-21-9-3-1-7-19(21)20-8-2-4-10-22(20)23/h1-10,12-14,23H,11,15,26H2,(H,27,28). The lowest BCUT2D eigenvalue weighted by atomic mass is 9.98.